The van der Waals surface area contributed by atoms with Gasteiger partial charge in [-0.1, -0.05) is 18.8 Å². The summed E-state index contributed by atoms with van der Waals surface area (Å²) in [6, 6.07) is 1.81. The van der Waals surface area contributed by atoms with Crippen LogP contribution in [0.25, 0.3) is 0 Å². The van der Waals surface area contributed by atoms with Gasteiger partial charge in [-0.25, -0.2) is 9.78 Å². The molecule has 0 radical (unpaired) electrons. The van der Waals surface area contributed by atoms with Crippen LogP contribution in [-0.4, -0.2) is 52.2 Å². The molecule has 24 heavy (non-hydrogen) atoms. The summed E-state index contributed by atoms with van der Waals surface area (Å²) >= 11 is 0. The monoisotopic (exact) mass is 329 g/mol. The van der Waals surface area contributed by atoms with Gasteiger partial charge in [0, 0.05) is 32.1 Å². The fourth-order valence-corrected chi connectivity index (χ4v) is 3.35. The lowest BCUT2D eigenvalue weighted by molar-refractivity contribution is 0.142. The van der Waals surface area contributed by atoms with Gasteiger partial charge in [-0.15, -0.1) is 0 Å². The molecule has 1 amide bonds. The molecule has 3 rings (SSSR count). The molecule has 0 aromatic carbocycles. The zero-order valence-electron chi connectivity index (χ0n) is 13.9. The molecule has 3 N–H and O–H groups in total. The Balaban J connectivity index is 1.73. The van der Waals surface area contributed by atoms with E-state index in [1.165, 1.54) is 17.7 Å². The lowest BCUT2D eigenvalue weighted by atomic mass is 10.1. The van der Waals surface area contributed by atoms with Gasteiger partial charge in [-0.3, -0.25) is 0 Å². The van der Waals surface area contributed by atoms with Crippen LogP contribution in [0.2, 0.25) is 0 Å². The molecule has 7 heteroatoms. The van der Waals surface area contributed by atoms with E-state index in [4.69, 9.17) is 10.8 Å². The summed E-state index contributed by atoms with van der Waals surface area (Å²) in [4.78, 5) is 23.0. The van der Waals surface area contributed by atoms with E-state index in [1.807, 2.05) is 11.0 Å². The molecule has 0 bridgehead atoms. The van der Waals surface area contributed by atoms with Crippen molar-refractivity contribution in [3.8, 4) is 11.8 Å². The lowest BCUT2D eigenvalue weighted by Gasteiger charge is -2.22. The largest absolute Gasteiger partial charge is 0.465 e. The Morgan fingerprint density at radius 1 is 1.38 bits per heavy atom. The van der Waals surface area contributed by atoms with Crippen LogP contribution in [0.3, 0.4) is 0 Å². The van der Waals surface area contributed by atoms with Gasteiger partial charge >= 0.3 is 6.09 Å². The molecule has 128 valence electrons. The van der Waals surface area contributed by atoms with Gasteiger partial charge in [0.05, 0.1) is 6.04 Å². The van der Waals surface area contributed by atoms with E-state index >= 15 is 0 Å². The molecule has 1 aromatic heterocycles. The van der Waals surface area contributed by atoms with Gasteiger partial charge in [0.15, 0.2) is 0 Å². The summed E-state index contributed by atoms with van der Waals surface area (Å²) in [6.45, 7) is 1.35. The molecule has 2 aliphatic rings. The van der Waals surface area contributed by atoms with Crippen LogP contribution < -0.4 is 10.6 Å². The Bertz CT molecular complexity index is 675. The second kappa shape index (κ2) is 6.95. The summed E-state index contributed by atoms with van der Waals surface area (Å²) in [5.41, 5.74) is 6.47. The van der Waals surface area contributed by atoms with Gasteiger partial charge in [0.1, 0.15) is 11.5 Å². The number of anilines is 2. The van der Waals surface area contributed by atoms with Gasteiger partial charge < -0.3 is 20.6 Å². The number of hydrogen-bond donors (Lipinski definition) is 2. The molecule has 1 aliphatic heterocycles. The van der Waals surface area contributed by atoms with Crippen molar-refractivity contribution >= 4 is 17.9 Å². The fourth-order valence-electron chi connectivity index (χ4n) is 3.35. The quantitative estimate of drug-likeness (QED) is 0.803. The lowest BCUT2D eigenvalue weighted by Crippen LogP contribution is -2.38. The van der Waals surface area contributed by atoms with Crippen molar-refractivity contribution in [1.29, 1.82) is 0 Å². The van der Waals surface area contributed by atoms with Crippen LogP contribution in [0.1, 0.15) is 37.8 Å². The molecule has 7 nitrogen and oxygen atoms in total. The maximum Gasteiger partial charge on any atom is 0.407 e. The number of nitrogen functional groups attached to an aromatic ring is 1. The fraction of sp³-hybridized carbons (Fsp3) is 0.588. The van der Waals surface area contributed by atoms with Crippen molar-refractivity contribution < 1.29 is 9.90 Å². The van der Waals surface area contributed by atoms with E-state index in [2.05, 4.69) is 21.8 Å². The number of carboxylic acid groups (broad SMARTS) is 1. The molecular weight excluding hydrogens is 306 g/mol. The average Bonchev–Trinajstić information content (AvgIpc) is 3.23. The zero-order chi connectivity index (χ0) is 17.1. The average molecular weight is 329 g/mol. The number of amides is 1. The van der Waals surface area contributed by atoms with Crippen LogP contribution in [0.15, 0.2) is 6.07 Å². The SMILES string of the molecule is CN(C(=O)O)[C@@H]1CCN(c2cc(C#CC3CCCC3)nc(N)n2)C1. The van der Waals surface area contributed by atoms with Crippen molar-refractivity contribution in [3.05, 3.63) is 11.8 Å². The molecule has 0 unspecified atom stereocenters. The first kappa shape index (κ1) is 16.4. The summed E-state index contributed by atoms with van der Waals surface area (Å²) in [5.74, 6) is 7.81. The maximum atomic E-state index is 11.1. The number of carbonyl (C=O) groups is 1. The number of rotatable bonds is 2. The predicted molar refractivity (Wildman–Crippen MR) is 91.7 cm³/mol. The highest BCUT2D eigenvalue weighted by molar-refractivity contribution is 5.65. The van der Waals surface area contributed by atoms with Gasteiger partial charge in [-0.05, 0) is 25.2 Å². The van der Waals surface area contributed by atoms with E-state index in [1.54, 1.807) is 7.05 Å². The predicted octanol–water partition coefficient (Wildman–Crippen LogP) is 1.79. The number of nitrogens with zero attached hydrogens (tertiary/aromatic N) is 4. The molecule has 0 spiro atoms. The molecule has 2 heterocycles. The topological polar surface area (TPSA) is 95.6 Å². The first-order valence-electron chi connectivity index (χ1n) is 8.39. The summed E-state index contributed by atoms with van der Waals surface area (Å²) in [7, 11) is 1.60. The van der Waals surface area contributed by atoms with Crippen molar-refractivity contribution in [3.63, 3.8) is 0 Å². The second-order valence-corrected chi connectivity index (χ2v) is 6.50. The van der Waals surface area contributed by atoms with Gasteiger partial charge in [0.2, 0.25) is 5.95 Å². The Morgan fingerprint density at radius 3 is 2.83 bits per heavy atom. The van der Waals surface area contributed by atoms with E-state index in [0.717, 1.165) is 31.6 Å². The van der Waals surface area contributed by atoms with E-state index in [-0.39, 0.29) is 12.0 Å². The van der Waals surface area contributed by atoms with Crippen molar-refractivity contribution in [2.45, 2.75) is 38.1 Å². The summed E-state index contributed by atoms with van der Waals surface area (Å²) in [6.07, 6.45) is 4.69. The molecule has 1 saturated carbocycles. The minimum atomic E-state index is -0.910. The van der Waals surface area contributed by atoms with E-state index in [9.17, 15) is 4.79 Å². The first-order chi connectivity index (χ1) is 11.5. The number of hydrogen-bond acceptors (Lipinski definition) is 5. The summed E-state index contributed by atoms with van der Waals surface area (Å²) in [5, 5.41) is 9.10. The van der Waals surface area contributed by atoms with Crippen molar-refractivity contribution in [1.82, 2.24) is 14.9 Å². The van der Waals surface area contributed by atoms with Crippen LogP contribution in [-0.2, 0) is 0 Å². The number of nitrogens with two attached hydrogens (primary N) is 1. The van der Waals surface area contributed by atoms with Crippen LogP contribution >= 0.6 is 0 Å². The first-order valence-corrected chi connectivity index (χ1v) is 8.39. The molecule has 1 saturated heterocycles. The molecular formula is C17H23N5O2. The number of likely N-dealkylation sites (N-methyl/N-ethyl adjacent to an activating group) is 1. The third-order valence-corrected chi connectivity index (χ3v) is 4.83. The Labute approximate surface area is 141 Å². The van der Waals surface area contributed by atoms with Crippen molar-refractivity contribution in [2.24, 2.45) is 5.92 Å². The van der Waals surface area contributed by atoms with Crippen molar-refractivity contribution in [2.75, 3.05) is 30.8 Å². The standard InChI is InChI=1S/C17H23N5O2/c1-21(17(23)24)14-8-9-22(11-14)15-10-13(19-16(18)20-15)7-6-12-4-2-3-5-12/h10,12,14H,2-5,8-9,11H2,1H3,(H,23,24)(H2,18,19,20)/t14-/m1/s1. The zero-order valence-corrected chi connectivity index (χ0v) is 13.9. The number of aromatic nitrogens is 2. The third kappa shape index (κ3) is 3.70. The normalized spacial score (nSPS) is 20.7. The van der Waals surface area contributed by atoms with E-state index < -0.39 is 6.09 Å². The molecule has 2 fully saturated rings. The van der Waals surface area contributed by atoms with E-state index in [0.29, 0.717) is 18.2 Å². The van der Waals surface area contributed by atoms with Gasteiger partial charge in [-0.2, -0.15) is 4.98 Å². The van der Waals surface area contributed by atoms with Crippen LogP contribution in [0.5, 0.6) is 0 Å². The Morgan fingerprint density at radius 2 is 2.12 bits per heavy atom. The molecule has 1 atom stereocenters. The summed E-state index contributed by atoms with van der Waals surface area (Å²) < 4.78 is 0. The molecule has 1 aromatic rings. The highest BCUT2D eigenvalue weighted by Gasteiger charge is 2.29. The maximum absolute atomic E-state index is 11.1. The smallest absolute Gasteiger partial charge is 0.407 e. The van der Waals surface area contributed by atoms with Gasteiger partial charge in [0.25, 0.3) is 0 Å². The Hall–Kier alpha value is -2.49. The minimum absolute atomic E-state index is 0.0355. The highest BCUT2D eigenvalue weighted by Crippen LogP contribution is 2.24. The molecule has 1 aliphatic carbocycles. The van der Waals surface area contributed by atoms with Crippen LogP contribution in [0.4, 0.5) is 16.6 Å². The second-order valence-electron chi connectivity index (χ2n) is 6.50. The third-order valence-electron chi connectivity index (χ3n) is 4.83. The highest BCUT2D eigenvalue weighted by atomic mass is 16.4. The van der Waals surface area contributed by atoms with Crippen LogP contribution in [0, 0.1) is 17.8 Å². The minimum Gasteiger partial charge on any atom is -0.465 e. The Kier molecular flexibility index (Phi) is 4.74.